The van der Waals surface area contributed by atoms with Crippen molar-refractivity contribution in [2.75, 3.05) is 26.0 Å². The maximum absolute atomic E-state index is 10.5. The lowest BCUT2D eigenvalue weighted by atomic mass is 9.85. The molecule has 6 N–H and O–H groups in total. The van der Waals surface area contributed by atoms with E-state index >= 15 is 0 Å². The average Bonchev–Trinajstić information content (AvgIpc) is 2.05. The molecule has 0 heterocycles. The van der Waals surface area contributed by atoms with Crippen LogP contribution in [0.15, 0.2) is 0 Å². The van der Waals surface area contributed by atoms with E-state index in [9.17, 15) is 9.67 Å². The molecule has 1 unspecified atom stereocenters. The van der Waals surface area contributed by atoms with Crippen molar-refractivity contribution in [3.05, 3.63) is 0 Å². The Hall–Kier alpha value is -0.0100. The molecule has 0 aliphatic heterocycles. The minimum atomic E-state index is -4.44. The van der Waals surface area contributed by atoms with Crippen molar-refractivity contribution in [1.29, 1.82) is 0 Å². The minimum absolute atomic E-state index is 0.763. The molecule has 0 bridgehead atoms. The van der Waals surface area contributed by atoms with E-state index in [1.54, 1.807) is 0 Å². The van der Waals surface area contributed by atoms with Gasteiger partial charge in [-0.2, -0.15) is 0 Å². The van der Waals surface area contributed by atoms with Crippen molar-refractivity contribution in [2.45, 2.75) is 6.10 Å². The quantitative estimate of drug-likeness (QED) is 0.277. The van der Waals surface area contributed by atoms with E-state index in [1.807, 2.05) is 0 Å². The predicted octanol–water partition coefficient (Wildman–Crippen LogP) is -2.51. The molecule has 0 spiro atoms. The number of rotatable bonds is 6. The molecule has 0 aliphatic carbocycles. The van der Waals surface area contributed by atoms with E-state index in [0.717, 1.165) is 0 Å². The van der Waals surface area contributed by atoms with E-state index in [-0.39, 0.29) is 0 Å². The van der Waals surface area contributed by atoms with E-state index in [1.165, 1.54) is 0 Å². The van der Waals surface area contributed by atoms with Crippen molar-refractivity contribution in [3.8, 4) is 0 Å². The van der Waals surface area contributed by atoms with E-state index in [0.29, 0.717) is 0 Å². The molecule has 1 atom stereocenters. The second kappa shape index (κ2) is 5.18. The molecule has 0 rings (SSSR count). The van der Waals surface area contributed by atoms with Gasteiger partial charge in [0, 0.05) is 0 Å². The van der Waals surface area contributed by atoms with Crippen LogP contribution in [0.3, 0.4) is 0 Å². The predicted molar refractivity (Wildman–Crippen MR) is 46.6 cm³/mol. The summed E-state index contributed by atoms with van der Waals surface area (Å²) in [6.07, 6.45) is -2.57. The highest BCUT2D eigenvalue weighted by atomic mass is 31.2. The highest BCUT2D eigenvalue weighted by molar-refractivity contribution is 7.51. The van der Waals surface area contributed by atoms with Gasteiger partial charge in [0.1, 0.15) is 0 Å². The molecule has 0 amide bonds. The van der Waals surface area contributed by atoms with Crippen molar-refractivity contribution < 1.29 is 34.8 Å². The maximum atomic E-state index is 10.5. The Morgan fingerprint density at radius 1 is 1.07 bits per heavy atom. The monoisotopic (exact) mass is 230 g/mol. The smallest absolute Gasteiger partial charge is 0.328 e. The molecule has 0 saturated heterocycles. The fraction of sp³-hybridized carbons (Fsp3) is 1.00. The Morgan fingerprint density at radius 3 is 1.64 bits per heavy atom. The van der Waals surface area contributed by atoms with Gasteiger partial charge in [-0.3, -0.25) is 4.57 Å². The van der Waals surface area contributed by atoms with Crippen molar-refractivity contribution >= 4 is 7.60 Å². The molecular weight excluding hydrogens is 215 g/mol. The summed E-state index contributed by atoms with van der Waals surface area (Å²) < 4.78 is 10.5. The summed E-state index contributed by atoms with van der Waals surface area (Å²) in [5.74, 6) is 0. The molecule has 8 heteroatoms. The number of aliphatic hydroxyl groups excluding tert-OH is 4. The van der Waals surface area contributed by atoms with Gasteiger partial charge in [-0.05, 0) is 0 Å². The van der Waals surface area contributed by atoms with Crippen LogP contribution in [-0.2, 0) is 4.57 Å². The van der Waals surface area contributed by atoms with Crippen molar-refractivity contribution in [1.82, 2.24) is 0 Å². The summed E-state index contributed by atoms with van der Waals surface area (Å²) >= 11 is 0. The third kappa shape index (κ3) is 3.62. The van der Waals surface area contributed by atoms with Crippen LogP contribution in [0.4, 0.5) is 0 Å². The Labute approximate surface area is 80.8 Å². The SMILES string of the molecule is O=P(O)(O)CC(O)C(CO)(CO)CO. The third-order valence-corrected chi connectivity index (χ3v) is 2.88. The van der Waals surface area contributed by atoms with Gasteiger partial charge in [0.05, 0.1) is 37.5 Å². The fourth-order valence-electron chi connectivity index (χ4n) is 0.885. The third-order valence-electron chi connectivity index (χ3n) is 2.06. The largest absolute Gasteiger partial charge is 0.396 e. The Kier molecular flexibility index (Phi) is 5.17. The minimum Gasteiger partial charge on any atom is -0.396 e. The van der Waals surface area contributed by atoms with Crippen molar-refractivity contribution in [2.24, 2.45) is 5.41 Å². The fourth-order valence-corrected chi connectivity index (χ4v) is 1.72. The zero-order valence-corrected chi connectivity index (χ0v) is 8.34. The van der Waals surface area contributed by atoms with Crippen LogP contribution in [-0.4, -0.2) is 62.3 Å². The first kappa shape index (κ1) is 14.0. The van der Waals surface area contributed by atoms with Gasteiger partial charge in [0.25, 0.3) is 0 Å². The van der Waals surface area contributed by atoms with Gasteiger partial charge in [-0.15, -0.1) is 0 Å². The van der Waals surface area contributed by atoms with E-state index in [2.05, 4.69) is 0 Å². The van der Waals surface area contributed by atoms with Gasteiger partial charge in [0.2, 0.25) is 0 Å². The summed E-state index contributed by atoms with van der Waals surface area (Å²) in [7, 11) is -4.44. The van der Waals surface area contributed by atoms with Crippen LogP contribution in [0.25, 0.3) is 0 Å². The lowest BCUT2D eigenvalue weighted by Gasteiger charge is -2.32. The van der Waals surface area contributed by atoms with Gasteiger partial charge in [-0.1, -0.05) is 0 Å². The second-order valence-electron chi connectivity index (χ2n) is 3.20. The van der Waals surface area contributed by atoms with E-state index < -0.39 is 45.1 Å². The summed E-state index contributed by atoms with van der Waals surface area (Å²) in [5.41, 5.74) is -1.68. The zero-order chi connectivity index (χ0) is 11.4. The second-order valence-corrected chi connectivity index (χ2v) is 4.89. The lowest BCUT2D eigenvalue weighted by Crippen LogP contribution is -2.46. The molecule has 0 aromatic heterocycles. The molecule has 86 valence electrons. The highest BCUT2D eigenvalue weighted by Gasteiger charge is 2.39. The summed E-state index contributed by atoms with van der Waals surface area (Å²) in [6.45, 7) is -2.29. The maximum Gasteiger partial charge on any atom is 0.328 e. The number of aliphatic hydroxyl groups is 4. The van der Waals surface area contributed by atoms with Gasteiger partial charge < -0.3 is 30.2 Å². The average molecular weight is 230 g/mol. The van der Waals surface area contributed by atoms with Crippen LogP contribution < -0.4 is 0 Å². The summed E-state index contributed by atoms with van der Waals surface area (Å²) in [6, 6.07) is 0. The first-order valence-corrected chi connectivity index (χ1v) is 5.66. The van der Waals surface area contributed by atoms with Crippen molar-refractivity contribution in [3.63, 3.8) is 0 Å². The zero-order valence-electron chi connectivity index (χ0n) is 7.44. The Bertz CT molecular complexity index is 200. The number of hydrogen-bond donors (Lipinski definition) is 6. The molecule has 0 aromatic rings. The summed E-state index contributed by atoms with van der Waals surface area (Å²) in [5, 5.41) is 35.8. The molecule has 0 aromatic carbocycles. The molecule has 7 nitrogen and oxygen atoms in total. The van der Waals surface area contributed by atoms with Crippen LogP contribution in [0.2, 0.25) is 0 Å². The van der Waals surface area contributed by atoms with Crippen LogP contribution in [0.1, 0.15) is 0 Å². The van der Waals surface area contributed by atoms with Gasteiger partial charge in [0.15, 0.2) is 0 Å². The van der Waals surface area contributed by atoms with Crippen LogP contribution in [0, 0.1) is 5.41 Å². The molecule has 0 aliphatic rings. The topological polar surface area (TPSA) is 138 Å². The van der Waals surface area contributed by atoms with Crippen LogP contribution in [0.5, 0.6) is 0 Å². The molecule has 14 heavy (non-hydrogen) atoms. The standard InChI is InChI=1S/C6H15O7P/c7-2-6(3-8,4-9)5(10)1-14(11,12)13/h5,7-10H,1-4H2,(H2,11,12,13). The molecule has 0 saturated carbocycles. The molecule has 0 fully saturated rings. The molecular formula is C6H15O7P. The first-order valence-electron chi connectivity index (χ1n) is 3.86. The Balaban J connectivity index is 4.60. The highest BCUT2D eigenvalue weighted by Crippen LogP contribution is 2.38. The van der Waals surface area contributed by atoms with Gasteiger partial charge in [-0.25, -0.2) is 0 Å². The molecule has 0 radical (unpaired) electrons. The normalized spacial score (nSPS) is 15.6. The summed E-state index contributed by atoms with van der Waals surface area (Å²) in [4.78, 5) is 17.1. The van der Waals surface area contributed by atoms with Gasteiger partial charge >= 0.3 is 7.60 Å². The lowest BCUT2D eigenvalue weighted by molar-refractivity contribution is -0.0748. The van der Waals surface area contributed by atoms with E-state index in [4.69, 9.17) is 25.1 Å². The first-order chi connectivity index (χ1) is 6.31. The Morgan fingerprint density at radius 2 is 1.43 bits per heavy atom. The van der Waals surface area contributed by atoms with Crippen LogP contribution >= 0.6 is 7.60 Å². The number of hydrogen-bond acceptors (Lipinski definition) is 5.